The molecule has 11 aromatic rings. The zero-order chi connectivity index (χ0) is 41.0. The van der Waals surface area contributed by atoms with Crippen molar-refractivity contribution in [3.05, 3.63) is 205 Å². The first kappa shape index (κ1) is 35.7. The van der Waals surface area contributed by atoms with Crippen molar-refractivity contribution in [2.24, 2.45) is 0 Å². The van der Waals surface area contributed by atoms with E-state index in [1.165, 1.54) is 37.8 Å². The van der Waals surface area contributed by atoms with Gasteiger partial charge in [0.2, 0.25) is 0 Å². The highest BCUT2D eigenvalue weighted by Gasteiger charge is 2.19. The lowest BCUT2D eigenvalue weighted by Gasteiger charge is -2.11. The standard InChI is InChI=1S/C56H38N6/c1-4-16-37(17-5-1)54-58-55(38-18-6-2-7-19-38)60-56(59-54)41-21-14-20-40(34-41)44-26-15-29-51-53(44)46-25-11-13-28-49(46)62(51)52-33-31-42(36-57-52)39-30-32-50-47(35-39)45-24-10-12-27-48(45)61(50)43-22-8-3-9-23-43/h1-10,12,14-36H,11,13H2. The monoisotopic (exact) mass is 794 g/mol. The van der Waals surface area contributed by atoms with Crippen LogP contribution >= 0.6 is 0 Å². The number of aromatic nitrogens is 6. The summed E-state index contributed by atoms with van der Waals surface area (Å²) >= 11 is 0. The molecule has 0 spiro atoms. The van der Waals surface area contributed by atoms with Gasteiger partial charge in [-0.25, -0.2) is 19.9 Å². The van der Waals surface area contributed by atoms with Gasteiger partial charge in [0.05, 0.1) is 21.9 Å². The van der Waals surface area contributed by atoms with Crippen LogP contribution in [0.2, 0.25) is 0 Å². The smallest absolute Gasteiger partial charge is 0.164 e. The summed E-state index contributed by atoms with van der Waals surface area (Å²) in [7, 11) is 0. The molecule has 292 valence electrons. The fourth-order valence-electron chi connectivity index (χ4n) is 9.19. The zero-order valence-electron chi connectivity index (χ0n) is 33.7. The van der Waals surface area contributed by atoms with Crippen molar-refractivity contribution in [2.75, 3.05) is 0 Å². The van der Waals surface area contributed by atoms with E-state index < -0.39 is 0 Å². The average molecular weight is 795 g/mol. The molecule has 62 heavy (non-hydrogen) atoms. The van der Waals surface area contributed by atoms with E-state index in [1.54, 1.807) is 0 Å². The summed E-state index contributed by atoms with van der Waals surface area (Å²) in [5.41, 5.74) is 12.0. The van der Waals surface area contributed by atoms with Gasteiger partial charge in [-0.1, -0.05) is 146 Å². The van der Waals surface area contributed by atoms with Crippen molar-refractivity contribution in [1.82, 2.24) is 29.1 Å². The lowest BCUT2D eigenvalue weighted by molar-refractivity contribution is 0.980. The molecule has 0 N–H and O–H groups in total. The fraction of sp³-hybridized carbons (Fsp3) is 0.0357. The fourth-order valence-corrected chi connectivity index (χ4v) is 9.19. The van der Waals surface area contributed by atoms with E-state index in [0.717, 1.165) is 68.8 Å². The van der Waals surface area contributed by atoms with E-state index >= 15 is 0 Å². The summed E-state index contributed by atoms with van der Waals surface area (Å²) < 4.78 is 4.68. The molecule has 6 nitrogen and oxygen atoms in total. The molecule has 0 bridgehead atoms. The highest BCUT2D eigenvalue weighted by molar-refractivity contribution is 6.10. The Morgan fingerprint density at radius 2 is 0.984 bits per heavy atom. The van der Waals surface area contributed by atoms with Gasteiger partial charge < -0.3 is 4.57 Å². The van der Waals surface area contributed by atoms with Crippen LogP contribution in [0.3, 0.4) is 0 Å². The molecule has 1 aliphatic rings. The first-order chi connectivity index (χ1) is 30.7. The van der Waals surface area contributed by atoms with Crippen LogP contribution in [0.1, 0.15) is 12.8 Å². The lowest BCUT2D eigenvalue weighted by Crippen LogP contribution is -2.30. The normalized spacial score (nSPS) is 12.3. The van der Waals surface area contributed by atoms with E-state index in [0.29, 0.717) is 17.5 Å². The molecule has 0 saturated carbocycles. The molecule has 0 amide bonds. The molecule has 0 aliphatic heterocycles. The van der Waals surface area contributed by atoms with Crippen LogP contribution in [0.5, 0.6) is 0 Å². The lowest BCUT2D eigenvalue weighted by atomic mass is 9.97. The predicted octanol–water partition coefficient (Wildman–Crippen LogP) is 12.0. The quantitative estimate of drug-likeness (QED) is 0.161. The van der Waals surface area contributed by atoms with Crippen molar-refractivity contribution in [1.29, 1.82) is 0 Å². The zero-order valence-corrected chi connectivity index (χ0v) is 33.7. The van der Waals surface area contributed by atoms with Gasteiger partial charge in [0.25, 0.3) is 0 Å². The molecular weight excluding hydrogens is 757 g/mol. The van der Waals surface area contributed by atoms with Crippen molar-refractivity contribution in [2.45, 2.75) is 12.8 Å². The third-order valence-electron chi connectivity index (χ3n) is 12.1. The first-order valence-corrected chi connectivity index (χ1v) is 21.1. The van der Waals surface area contributed by atoms with E-state index in [4.69, 9.17) is 19.9 Å². The van der Waals surface area contributed by atoms with Gasteiger partial charge in [-0.05, 0) is 84.1 Å². The summed E-state index contributed by atoms with van der Waals surface area (Å²) in [6, 6.07) is 65.8. The third-order valence-corrected chi connectivity index (χ3v) is 12.1. The molecule has 4 heterocycles. The SMILES string of the molecule is C1=c2c(n(-c3ccc(-c4ccc5c(c4)c4ccccc4n5-c4ccccc4)cn3)c3cccc(-c4cccc(-c5nc(-c6ccccc6)nc(-c6ccccc6)n5)c4)c23)=CCC1. The molecule has 1 aliphatic carbocycles. The molecular formula is C56H38N6. The van der Waals surface area contributed by atoms with Gasteiger partial charge in [0.1, 0.15) is 5.82 Å². The van der Waals surface area contributed by atoms with E-state index in [9.17, 15) is 0 Å². The summed E-state index contributed by atoms with van der Waals surface area (Å²) in [6.07, 6.45) is 8.75. The molecule has 6 heteroatoms. The predicted molar refractivity (Wildman–Crippen MR) is 253 cm³/mol. The number of nitrogens with zero attached hydrogens (tertiary/aromatic N) is 6. The van der Waals surface area contributed by atoms with Crippen molar-refractivity contribution in [3.8, 4) is 67.9 Å². The number of hydrogen-bond acceptors (Lipinski definition) is 4. The number of hydrogen-bond donors (Lipinski definition) is 0. The molecule has 0 unspecified atom stereocenters. The van der Waals surface area contributed by atoms with Gasteiger partial charge in [-0.2, -0.15) is 0 Å². The van der Waals surface area contributed by atoms with Crippen LogP contribution < -0.4 is 10.6 Å². The number of para-hydroxylation sites is 2. The summed E-state index contributed by atoms with van der Waals surface area (Å²) in [4.78, 5) is 20.2. The van der Waals surface area contributed by atoms with Crippen LogP contribution in [0.15, 0.2) is 194 Å². The molecule has 0 fully saturated rings. The van der Waals surface area contributed by atoms with Crippen LogP contribution in [0.25, 0.3) is 113 Å². The van der Waals surface area contributed by atoms with Crippen LogP contribution in [-0.4, -0.2) is 29.1 Å². The second kappa shape index (κ2) is 14.8. The van der Waals surface area contributed by atoms with Crippen molar-refractivity contribution < 1.29 is 0 Å². The van der Waals surface area contributed by atoms with Crippen molar-refractivity contribution in [3.63, 3.8) is 0 Å². The van der Waals surface area contributed by atoms with Gasteiger partial charge in [-0.3, -0.25) is 4.57 Å². The molecule has 0 saturated heterocycles. The average Bonchev–Trinajstić information content (AvgIpc) is 3.87. The van der Waals surface area contributed by atoms with E-state index in [-0.39, 0.29) is 0 Å². The highest BCUT2D eigenvalue weighted by atomic mass is 15.1. The molecule has 4 aromatic heterocycles. The summed E-state index contributed by atoms with van der Waals surface area (Å²) in [6.45, 7) is 0. The van der Waals surface area contributed by atoms with Gasteiger partial charge >= 0.3 is 0 Å². The van der Waals surface area contributed by atoms with Gasteiger partial charge in [-0.15, -0.1) is 0 Å². The Balaban J connectivity index is 0.950. The minimum atomic E-state index is 0.636. The van der Waals surface area contributed by atoms with E-state index in [2.05, 4.69) is 149 Å². The van der Waals surface area contributed by atoms with Crippen molar-refractivity contribution >= 4 is 44.9 Å². The largest absolute Gasteiger partial charge is 0.309 e. The third kappa shape index (κ3) is 6.03. The second-order valence-corrected chi connectivity index (χ2v) is 15.8. The minimum Gasteiger partial charge on any atom is -0.309 e. The number of rotatable bonds is 7. The molecule has 12 rings (SSSR count). The summed E-state index contributed by atoms with van der Waals surface area (Å²) in [5, 5.41) is 6.10. The number of pyridine rings is 1. The van der Waals surface area contributed by atoms with E-state index in [1.807, 2.05) is 66.9 Å². The Hall–Kier alpha value is -8.22. The molecule has 0 atom stereocenters. The Morgan fingerprint density at radius 3 is 1.73 bits per heavy atom. The number of benzene rings is 7. The van der Waals surface area contributed by atoms with Gasteiger partial charge in [0, 0.05) is 55.5 Å². The number of fused-ring (bicyclic) bond motifs is 6. The maximum absolute atomic E-state index is 5.17. The van der Waals surface area contributed by atoms with Gasteiger partial charge in [0.15, 0.2) is 17.5 Å². The van der Waals surface area contributed by atoms with Crippen LogP contribution in [-0.2, 0) is 0 Å². The Morgan fingerprint density at radius 1 is 0.387 bits per heavy atom. The maximum atomic E-state index is 5.17. The Kier molecular flexibility index (Phi) is 8.52. The molecule has 7 aromatic carbocycles. The van der Waals surface area contributed by atoms with Crippen LogP contribution in [0, 0.1) is 0 Å². The highest BCUT2D eigenvalue weighted by Crippen LogP contribution is 2.36. The minimum absolute atomic E-state index is 0.636. The molecule has 0 radical (unpaired) electrons. The Bertz CT molecular complexity index is 3550. The van der Waals surface area contributed by atoms with Crippen LogP contribution in [0.4, 0.5) is 0 Å². The topological polar surface area (TPSA) is 61.4 Å². The first-order valence-electron chi connectivity index (χ1n) is 21.1. The second-order valence-electron chi connectivity index (χ2n) is 15.8. The maximum Gasteiger partial charge on any atom is 0.164 e. The summed E-state index contributed by atoms with van der Waals surface area (Å²) in [5.74, 6) is 2.82. The Labute approximate surface area is 358 Å².